The van der Waals surface area contributed by atoms with E-state index in [1.54, 1.807) is 55.5 Å². The third-order valence-electron chi connectivity index (χ3n) is 5.14. The van der Waals surface area contributed by atoms with Crippen molar-refractivity contribution in [2.75, 3.05) is 10.8 Å². The van der Waals surface area contributed by atoms with E-state index in [9.17, 15) is 17.6 Å². The molecule has 0 aliphatic carbocycles. The van der Waals surface area contributed by atoms with Crippen LogP contribution in [0.5, 0.6) is 0 Å². The van der Waals surface area contributed by atoms with Crippen molar-refractivity contribution in [1.82, 2.24) is 5.32 Å². The lowest BCUT2D eigenvalue weighted by Crippen LogP contribution is -2.41. The number of halogens is 1. The fourth-order valence-corrected chi connectivity index (χ4v) is 5.49. The van der Waals surface area contributed by atoms with E-state index in [0.29, 0.717) is 28.0 Å². The summed E-state index contributed by atoms with van der Waals surface area (Å²) >= 11 is 0. The number of para-hydroxylation sites is 1. The Labute approximate surface area is 180 Å². The number of nitrogens with one attached hydrogen (secondary N) is 1. The zero-order valence-electron chi connectivity index (χ0n) is 16.9. The van der Waals surface area contributed by atoms with Gasteiger partial charge in [0.1, 0.15) is 5.82 Å². The normalized spacial score (nSPS) is 14.8. The Morgan fingerprint density at radius 3 is 2.26 bits per heavy atom. The quantitative estimate of drug-likeness (QED) is 0.656. The molecule has 158 valence electrons. The van der Waals surface area contributed by atoms with Crippen molar-refractivity contribution in [3.63, 3.8) is 0 Å². The first-order valence-corrected chi connectivity index (χ1v) is 11.3. The van der Waals surface area contributed by atoms with Crippen molar-refractivity contribution >= 4 is 27.2 Å². The van der Waals surface area contributed by atoms with Crippen LogP contribution in [-0.2, 0) is 21.4 Å². The Morgan fingerprint density at radius 1 is 0.935 bits per heavy atom. The van der Waals surface area contributed by atoms with Crippen molar-refractivity contribution < 1.29 is 17.6 Å². The van der Waals surface area contributed by atoms with Crippen LogP contribution in [0.4, 0.5) is 10.1 Å². The molecule has 0 radical (unpaired) electrons. The summed E-state index contributed by atoms with van der Waals surface area (Å²) in [5, 5.41) is 2.69. The highest BCUT2D eigenvalue weighted by Crippen LogP contribution is 2.42. The molecule has 0 atom stereocenters. The molecule has 0 saturated heterocycles. The van der Waals surface area contributed by atoms with Gasteiger partial charge in [0.2, 0.25) is 0 Å². The summed E-state index contributed by atoms with van der Waals surface area (Å²) in [5.41, 5.74) is 2.90. The number of amides is 1. The predicted octanol–water partition coefficient (Wildman–Crippen LogP) is 4.07. The number of benzene rings is 3. The fourth-order valence-electron chi connectivity index (χ4n) is 3.72. The summed E-state index contributed by atoms with van der Waals surface area (Å²) in [6.07, 6.45) is 0. The van der Waals surface area contributed by atoms with Crippen molar-refractivity contribution in [2.24, 2.45) is 0 Å². The zero-order valence-corrected chi connectivity index (χ0v) is 17.7. The van der Waals surface area contributed by atoms with Gasteiger partial charge in [-0.2, -0.15) is 0 Å². The van der Waals surface area contributed by atoms with Crippen LogP contribution in [0.2, 0.25) is 0 Å². The predicted molar refractivity (Wildman–Crippen MR) is 119 cm³/mol. The molecule has 3 aromatic carbocycles. The highest BCUT2D eigenvalue weighted by atomic mass is 32.2. The molecule has 1 aliphatic rings. The Bertz CT molecular complexity index is 1250. The zero-order chi connectivity index (χ0) is 22.0. The van der Waals surface area contributed by atoms with Gasteiger partial charge in [-0.05, 0) is 36.2 Å². The Kier molecular flexibility index (Phi) is 5.61. The van der Waals surface area contributed by atoms with Crippen LogP contribution in [-0.4, -0.2) is 20.9 Å². The van der Waals surface area contributed by atoms with Crippen LogP contribution in [0.3, 0.4) is 0 Å². The highest BCUT2D eigenvalue weighted by molar-refractivity contribution is 7.97. The summed E-state index contributed by atoms with van der Waals surface area (Å²) < 4.78 is 41.5. The number of hydrogen-bond donors (Lipinski definition) is 1. The molecule has 1 N–H and O–H groups in total. The van der Waals surface area contributed by atoms with E-state index >= 15 is 0 Å². The molecule has 1 heterocycles. The second kappa shape index (κ2) is 8.35. The van der Waals surface area contributed by atoms with E-state index in [4.69, 9.17) is 0 Å². The van der Waals surface area contributed by atoms with E-state index in [0.717, 1.165) is 0 Å². The average molecular weight is 437 g/mol. The van der Waals surface area contributed by atoms with Gasteiger partial charge in [-0.25, -0.2) is 12.8 Å². The topological polar surface area (TPSA) is 66.5 Å². The lowest BCUT2D eigenvalue weighted by atomic mass is 9.95. The number of rotatable bonds is 5. The highest BCUT2D eigenvalue weighted by Gasteiger charge is 2.40. The van der Waals surface area contributed by atoms with Gasteiger partial charge in [-0.15, -0.1) is 0 Å². The van der Waals surface area contributed by atoms with Crippen molar-refractivity contribution in [3.8, 4) is 0 Å². The number of carbonyl (C=O) groups excluding carboxylic acids is 1. The molecular weight excluding hydrogens is 415 g/mol. The van der Waals surface area contributed by atoms with Gasteiger partial charge in [0, 0.05) is 24.2 Å². The molecule has 0 saturated carbocycles. The molecule has 5 nitrogen and oxygen atoms in total. The van der Waals surface area contributed by atoms with E-state index in [2.05, 4.69) is 5.32 Å². The molecular formula is C24H21FN2O3S. The summed E-state index contributed by atoms with van der Waals surface area (Å²) in [6.45, 7) is 2.00. The van der Waals surface area contributed by atoms with Crippen LogP contribution in [0, 0.1) is 5.82 Å². The molecule has 0 unspecified atom stereocenters. The maximum Gasteiger partial charge on any atom is 0.270 e. The second-order valence-electron chi connectivity index (χ2n) is 7.07. The van der Waals surface area contributed by atoms with Crippen molar-refractivity contribution in [2.45, 2.75) is 13.5 Å². The first-order chi connectivity index (χ1) is 14.9. The summed E-state index contributed by atoms with van der Waals surface area (Å²) in [4.78, 5) is 13.0. The number of carbonyl (C=O) groups is 1. The molecule has 0 bridgehead atoms. The minimum atomic E-state index is -4.09. The summed E-state index contributed by atoms with van der Waals surface area (Å²) in [6, 6.07) is 21.9. The van der Waals surface area contributed by atoms with Crippen molar-refractivity contribution in [1.29, 1.82) is 0 Å². The Morgan fingerprint density at radius 2 is 1.58 bits per heavy atom. The number of hydrogen-bond acceptors (Lipinski definition) is 3. The third-order valence-corrected chi connectivity index (χ3v) is 7.08. The van der Waals surface area contributed by atoms with Gasteiger partial charge < -0.3 is 5.32 Å². The lowest BCUT2D eigenvalue weighted by molar-refractivity contribution is -0.116. The van der Waals surface area contributed by atoms with E-state index in [1.807, 2.05) is 18.2 Å². The van der Waals surface area contributed by atoms with Crippen LogP contribution >= 0.6 is 0 Å². The standard InChI is InChI=1S/C24H21FN2O3S/c1-2-27-21-11-7-6-10-20(21)22(18-8-4-3-5-9-18)23(31(27,29)30)24(28)26-16-17-12-14-19(25)15-13-17/h3-15H,2,16H2,1H3,(H,26,28). The first kappa shape index (κ1) is 20.8. The molecule has 1 aliphatic heterocycles. The number of nitrogens with zero attached hydrogens (tertiary/aromatic N) is 1. The van der Waals surface area contributed by atoms with Crippen molar-refractivity contribution in [3.05, 3.63) is 106 Å². The molecule has 4 rings (SSSR count). The molecule has 0 aromatic heterocycles. The third kappa shape index (κ3) is 3.84. The van der Waals surface area contributed by atoms with Crippen LogP contribution < -0.4 is 9.62 Å². The van der Waals surface area contributed by atoms with Gasteiger partial charge in [0.15, 0.2) is 4.91 Å². The maximum absolute atomic E-state index is 13.5. The van der Waals surface area contributed by atoms with Crippen LogP contribution in [0.1, 0.15) is 23.6 Å². The van der Waals surface area contributed by atoms with Crippen LogP contribution in [0.15, 0.2) is 83.8 Å². The largest absolute Gasteiger partial charge is 0.347 e. The van der Waals surface area contributed by atoms with Gasteiger partial charge in [0.25, 0.3) is 15.9 Å². The minimum Gasteiger partial charge on any atom is -0.347 e. The number of fused-ring (bicyclic) bond motifs is 1. The molecule has 0 fully saturated rings. The minimum absolute atomic E-state index is 0.0774. The average Bonchev–Trinajstić information content (AvgIpc) is 2.78. The Balaban J connectivity index is 1.86. The lowest BCUT2D eigenvalue weighted by Gasteiger charge is -2.32. The Hall–Kier alpha value is -3.45. The SMILES string of the molecule is CCN1c2ccccc2C(c2ccccc2)=C(C(=O)NCc2ccc(F)cc2)S1(=O)=O. The molecule has 1 amide bonds. The number of anilines is 1. The monoisotopic (exact) mass is 436 g/mol. The van der Waals surface area contributed by atoms with Gasteiger partial charge in [-0.1, -0.05) is 60.7 Å². The second-order valence-corrected chi connectivity index (χ2v) is 8.87. The van der Waals surface area contributed by atoms with E-state index in [-0.39, 0.29) is 23.8 Å². The maximum atomic E-state index is 13.5. The van der Waals surface area contributed by atoms with Gasteiger partial charge >= 0.3 is 0 Å². The smallest absolute Gasteiger partial charge is 0.270 e. The molecule has 3 aromatic rings. The number of sulfonamides is 1. The molecule has 7 heteroatoms. The van der Waals surface area contributed by atoms with Gasteiger partial charge in [-0.3, -0.25) is 9.10 Å². The molecule has 0 spiro atoms. The molecule has 31 heavy (non-hydrogen) atoms. The first-order valence-electron chi connectivity index (χ1n) is 9.88. The fraction of sp³-hybridized carbons (Fsp3) is 0.125. The summed E-state index contributed by atoms with van der Waals surface area (Å²) in [7, 11) is -4.09. The van der Waals surface area contributed by atoms with E-state index in [1.165, 1.54) is 16.4 Å². The summed E-state index contributed by atoms with van der Waals surface area (Å²) in [5.74, 6) is -1.08. The van der Waals surface area contributed by atoms with Gasteiger partial charge in [0.05, 0.1) is 5.69 Å². The van der Waals surface area contributed by atoms with E-state index < -0.39 is 15.9 Å². The van der Waals surface area contributed by atoms with Crippen LogP contribution in [0.25, 0.3) is 5.57 Å².